The first-order chi connectivity index (χ1) is 8.33. The number of thiol groups is 1. The highest BCUT2D eigenvalue weighted by Crippen LogP contribution is 2.07. The molecule has 100 valence electrons. The van der Waals surface area contributed by atoms with Gasteiger partial charge in [0.25, 0.3) is 0 Å². The van der Waals surface area contributed by atoms with Crippen molar-refractivity contribution in [3.8, 4) is 0 Å². The number of aliphatic imine (C=N–C) groups is 1. The highest BCUT2D eigenvalue weighted by molar-refractivity contribution is 7.83. The van der Waals surface area contributed by atoms with Crippen LogP contribution in [-0.4, -0.2) is 12.6 Å². The summed E-state index contributed by atoms with van der Waals surface area (Å²) >= 11 is 3.74. The monoisotopic (exact) mass is 257 g/mol. The molecule has 0 aliphatic heterocycles. The zero-order chi connectivity index (χ0) is 13.2. The molecule has 0 bridgehead atoms. The first kappa shape index (κ1) is 18.8. The third kappa shape index (κ3) is 25.6. The minimum Gasteiger partial charge on any atom is -0.211 e. The van der Waals surface area contributed by atoms with Gasteiger partial charge >= 0.3 is 0 Å². The molecule has 0 radical (unpaired) electrons. The van der Waals surface area contributed by atoms with E-state index in [1.54, 1.807) is 11.5 Å². The zero-order valence-corrected chi connectivity index (χ0v) is 12.2. The van der Waals surface area contributed by atoms with E-state index in [2.05, 4.69) is 24.5 Å². The van der Waals surface area contributed by atoms with Crippen LogP contribution in [-0.2, 0) is 4.79 Å². The van der Waals surface area contributed by atoms with Crippen LogP contribution < -0.4 is 0 Å². The van der Waals surface area contributed by atoms with Crippen molar-refractivity contribution < 1.29 is 4.79 Å². The number of hydrogen-bond donors (Lipinski definition) is 1. The van der Waals surface area contributed by atoms with Crippen LogP contribution in [0.2, 0.25) is 0 Å². The number of isocyanates is 1. The largest absolute Gasteiger partial charge is 0.234 e. The summed E-state index contributed by atoms with van der Waals surface area (Å²) in [5.74, 6) is 0. The fraction of sp³-hybridized carbons (Fsp3) is 0.786. The van der Waals surface area contributed by atoms with Crippen molar-refractivity contribution >= 4 is 18.7 Å². The third-order valence-electron chi connectivity index (χ3n) is 2.34. The van der Waals surface area contributed by atoms with E-state index in [4.69, 9.17) is 0 Å². The van der Waals surface area contributed by atoms with Crippen molar-refractivity contribution in [1.29, 1.82) is 0 Å². The van der Waals surface area contributed by atoms with Crippen molar-refractivity contribution in [2.75, 3.05) is 6.54 Å². The van der Waals surface area contributed by atoms with E-state index in [0.717, 1.165) is 6.42 Å². The van der Waals surface area contributed by atoms with Gasteiger partial charge < -0.3 is 0 Å². The van der Waals surface area contributed by atoms with Gasteiger partial charge in [-0.15, -0.1) is 0 Å². The second kappa shape index (κ2) is 20.8. The molecule has 0 saturated heterocycles. The van der Waals surface area contributed by atoms with E-state index in [1.807, 2.05) is 13.0 Å². The molecule has 0 rings (SSSR count). The standard InChI is InChI=1S/C11H21NO.C3H6S/c1-2-3-4-5-6-7-8-9-10-12-11-13;1-2-3-4/h2-10H2,1H3;2-4H,1H3. The lowest BCUT2D eigenvalue weighted by molar-refractivity contribution is 0.558. The Morgan fingerprint density at radius 2 is 1.53 bits per heavy atom. The lowest BCUT2D eigenvalue weighted by Crippen LogP contribution is -1.83. The molecule has 0 fully saturated rings. The first-order valence-electron chi connectivity index (χ1n) is 6.62. The fourth-order valence-electron chi connectivity index (χ4n) is 1.37. The van der Waals surface area contributed by atoms with Crippen LogP contribution in [0.4, 0.5) is 0 Å². The van der Waals surface area contributed by atoms with Crippen LogP contribution in [0.5, 0.6) is 0 Å². The van der Waals surface area contributed by atoms with Crippen LogP contribution in [0.3, 0.4) is 0 Å². The predicted octanol–water partition coefficient (Wildman–Crippen LogP) is 4.91. The van der Waals surface area contributed by atoms with E-state index in [0.29, 0.717) is 6.54 Å². The molecule has 0 unspecified atom stereocenters. The van der Waals surface area contributed by atoms with Gasteiger partial charge in [0.1, 0.15) is 0 Å². The van der Waals surface area contributed by atoms with Gasteiger partial charge in [0.05, 0.1) is 6.54 Å². The summed E-state index contributed by atoms with van der Waals surface area (Å²) in [5, 5.41) is 1.69. The molecule has 17 heavy (non-hydrogen) atoms. The Bertz CT molecular complexity index is 194. The van der Waals surface area contributed by atoms with Gasteiger partial charge in [0.2, 0.25) is 6.08 Å². The number of rotatable bonds is 9. The molecule has 0 atom stereocenters. The highest BCUT2D eigenvalue weighted by Gasteiger charge is 1.90. The summed E-state index contributed by atoms with van der Waals surface area (Å²) < 4.78 is 0. The molecule has 0 aliphatic rings. The Kier molecular flexibility index (Phi) is 23.1. The van der Waals surface area contributed by atoms with E-state index < -0.39 is 0 Å². The molecular weight excluding hydrogens is 230 g/mol. The molecule has 0 saturated carbocycles. The van der Waals surface area contributed by atoms with Gasteiger partial charge in [-0.2, -0.15) is 12.6 Å². The van der Waals surface area contributed by atoms with Crippen molar-refractivity contribution in [3.05, 3.63) is 11.5 Å². The van der Waals surface area contributed by atoms with E-state index in [9.17, 15) is 4.79 Å². The van der Waals surface area contributed by atoms with Gasteiger partial charge in [-0.1, -0.05) is 57.9 Å². The van der Waals surface area contributed by atoms with Gasteiger partial charge in [-0.3, -0.25) is 0 Å². The van der Waals surface area contributed by atoms with Crippen LogP contribution in [0.1, 0.15) is 65.2 Å². The molecule has 0 aromatic rings. The van der Waals surface area contributed by atoms with Gasteiger partial charge in [-0.25, -0.2) is 9.79 Å². The number of carbonyl (C=O) groups excluding carboxylic acids is 1. The summed E-state index contributed by atoms with van der Waals surface area (Å²) in [6, 6.07) is 0. The summed E-state index contributed by atoms with van der Waals surface area (Å²) in [4.78, 5) is 13.2. The molecule has 2 nitrogen and oxygen atoms in total. The van der Waals surface area contributed by atoms with E-state index in [1.165, 1.54) is 44.9 Å². The summed E-state index contributed by atoms with van der Waals surface area (Å²) in [5.41, 5.74) is 0. The van der Waals surface area contributed by atoms with Gasteiger partial charge in [-0.05, 0) is 18.8 Å². The Labute approximate surface area is 112 Å². The number of hydrogen-bond acceptors (Lipinski definition) is 3. The van der Waals surface area contributed by atoms with E-state index in [-0.39, 0.29) is 0 Å². The van der Waals surface area contributed by atoms with Crippen LogP contribution in [0.15, 0.2) is 16.5 Å². The van der Waals surface area contributed by atoms with Crippen LogP contribution >= 0.6 is 12.6 Å². The smallest absolute Gasteiger partial charge is 0.211 e. The maximum Gasteiger partial charge on any atom is 0.234 e. The predicted molar refractivity (Wildman–Crippen MR) is 79.4 cm³/mol. The minimum atomic E-state index is 0.665. The Balaban J connectivity index is 0. The summed E-state index contributed by atoms with van der Waals surface area (Å²) in [6.45, 7) is 4.82. The van der Waals surface area contributed by atoms with Crippen molar-refractivity contribution in [1.82, 2.24) is 0 Å². The minimum absolute atomic E-state index is 0.665. The molecule has 0 spiro atoms. The molecule has 0 aromatic heterocycles. The lowest BCUT2D eigenvalue weighted by Gasteiger charge is -1.98. The molecule has 3 heteroatoms. The second-order valence-corrected chi connectivity index (χ2v) is 4.23. The van der Waals surface area contributed by atoms with E-state index >= 15 is 0 Å². The molecular formula is C14H27NOS. The molecule has 0 heterocycles. The molecule has 0 aliphatic carbocycles. The maximum absolute atomic E-state index is 9.72. The Hall–Kier alpha value is -0.530. The summed E-state index contributed by atoms with van der Waals surface area (Å²) in [7, 11) is 0. The van der Waals surface area contributed by atoms with Crippen molar-refractivity contribution in [2.24, 2.45) is 4.99 Å². The lowest BCUT2D eigenvalue weighted by atomic mass is 10.1. The molecule has 0 amide bonds. The Morgan fingerprint density at radius 1 is 1.06 bits per heavy atom. The average Bonchev–Trinajstić information content (AvgIpc) is 2.37. The van der Waals surface area contributed by atoms with Crippen LogP contribution in [0.25, 0.3) is 0 Å². The van der Waals surface area contributed by atoms with Crippen molar-refractivity contribution in [2.45, 2.75) is 65.2 Å². The van der Waals surface area contributed by atoms with Crippen LogP contribution in [0, 0.1) is 0 Å². The highest BCUT2D eigenvalue weighted by atomic mass is 32.1. The average molecular weight is 257 g/mol. The third-order valence-corrected chi connectivity index (χ3v) is 2.64. The number of allylic oxidation sites excluding steroid dienone is 1. The number of nitrogens with zero attached hydrogens (tertiary/aromatic N) is 1. The fourth-order valence-corrected chi connectivity index (χ4v) is 1.37. The molecule has 0 aromatic carbocycles. The Morgan fingerprint density at radius 3 is 1.94 bits per heavy atom. The SMILES string of the molecule is CC=CS.CCCCCCCCCCN=C=O. The molecule has 0 N–H and O–H groups in total. The normalized spacial score (nSPS) is 9.59. The zero-order valence-electron chi connectivity index (χ0n) is 11.3. The first-order valence-corrected chi connectivity index (χ1v) is 7.14. The summed E-state index contributed by atoms with van der Waals surface area (Å²) in [6.07, 6.45) is 13.7. The maximum atomic E-state index is 9.72. The topological polar surface area (TPSA) is 29.4 Å². The number of unbranched alkanes of at least 4 members (excludes halogenated alkanes) is 7. The van der Waals surface area contributed by atoms with Gasteiger partial charge in [0.15, 0.2) is 0 Å². The second-order valence-electron chi connectivity index (χ2n) is 3.93. The van der Waals surface area contributed by atoms with Gasteiger partial charge in [0, 0.05) is 0 Å². The van der Waals surface area contributed by atoms with Crippen molar-refractivity contribution in [3.63, 3.8) is 0 Å². The quantitative estimate of drug-likeness (QED) is 0.270.